The fourth-order valence-electron chi connectivity index (χ4n) is 4.07. The van der Waals surface area contributed by atoms with Crippen LogP contribution in [0.25, 0.3) is 16.5 Å². The molecule has 3 heterocycles. The second kappa shape index (κ2) is 11.0. The number of rotatable bonds is 7. The number of ether oxygens (including phenoxy) is 2. The molecule has 11 nitrogen and oxygen atoms in total. The van der Waals surface area contributed by atoms with Gasteiger partial charge in [-0.1, -0.05) is 20.8 Å². The van der Waals surface area contributed by atoms with Gasteiger partial charge in [0.2, 0.25) is 17.7 Å². The Morgan fingerprint density at radius 2 is 1.61 bits per heavy atom. The van der Waals surface area contributed by atoms with E-state index >= 15 is 0 Å². The summed E-state index contributed by atoms with van der Waals surface area (Å²) in [6, 6.07) is 18.0. The maximum absolute atomic E-state index is 13.6. The van der Waals surface area contributed by atoms with Crippen molar-refractivity contribution in [2.75, 3.05) is 17.7 Å². The molecule has 0 spiro atoms. The Bertz CT molecular complexity index is 1740. The smallest absolute Gasteiger partial charge is 0.276 e. The molecule has 0 saturated carbocycles. The molecule has 0 aliphatic carbocycles. The average Bonchev–Trinajstić information content (AvgIpc) is 3.37. The van der Waals surface area contributed by atoms with Crippen molar-refractivity contribution in [2.24, 2.45) is 0 Å². The molecule has 208 valence electrons. The van der Waals surface area contributed by atoms with Gasteiger partial charge in [0, 0.05) is 42.3 Å². The van der Waals surface area contributed by atoms with E-state index in [4.69, 9.17) is 14.6 Å². The molecule has 2 aromatic carbocycles. The molecule has 11 heteroatoms. The Labute approximate surface area is 236 Å². The van der Waals surface area contributed by atoms with E-state index in [9.17, 15) is 9.59 Å². The van der Waals surface area contributed by atoms with Crippen LogP contribution in [0.3, 0.4) is 0 Å². The van der Waals surface area contributed by atoms with Gasteiger partial charge in [-0.15, -0.1) is 0 Å². The number of nitrogens with zero attached hydrogens (tertiary/aromatic N) is 5. The third kappa shape index (κ3) is 6.14. The molecular formula is C30H29N7O4. The van der Waals surface area contributed by atoms with E-state index in [1.54, 1.807) is 48.3 Å². The minimum absolute atomic E-state index is 0.141. The zero-order valence-electron chi connectivity index (χ0n) is 23.3. The zero-order valence-corrected chi connectivity index (χ0v) is 23.3. The highest BCUT2D eigenvalue weighted by molar-refractivity contribution is 6.11. The van der Waals surface area contributed by atoms with Gasteiger partial charge in [0.1, 0.15) is 23.0 Å². The molecule has 5 aromatic rings. The van der Waals surface area contributed by atoms with Crippen LogP contribution in [0.4, 0.5) is 11.8 Å². The van der Waals surface area contributed by atoms with Gasteiger partial charge >= 0.3 is 0 Å². The lowest BCUT2D eigenvalue weighted by Gasteiger charge is -2.14. The number of fused-ring (bicyclic) bond motifs is 1. The molecule has 2 amide bonds. The molecule has 0 unspecified atom stereocenters. The minimum Gasteiger partial charge on any atom is -0.497 e. The topological polar surface area (TPSA) is 133 Å². The number of anilines is 2. The first-order chi connectivity index (χ1) is 19.6. The SMILES string of the molecule is COc1ccc(-n2nc(C(C)(C)C)cc2NC(=O)c2nccc3cc(Oc4ccnc(NC(C)=O)n4)ccc23)cc1. The summed E-state index contributed by atoms with van der Waals surface area (Å²) in [5.41, 5.74) is 1.61. The summed E-state index contributed by atoms with van der Waals surface area (Å²) in [5, 5.41) is 11.7. The number of pyridine rings is 1. The van der Waals surface area contributed by atoms with Gasteiger partial charge in [-0.3, -0.25) is 19.9 Å². The Hall–Kier alpha value is -5.32. The van der Waals surface area contributed by atoms with Gasteiger partial charge in [-0.05, 0) is 53.9 Å². The molecule has 41 heavy (non-hydrogen) atoms. The number of nitrogens with one attached hydrogen (secondary N) is 2. The average molecular weight is 552 g/mol. The van der Waals surface area contributed by atoms with Gasteiger partial charge in [-0.25, -0.2) is 9.67 Å². The van der Waals surface area contributed by atoms with Crippen LogP contribution in [-0.4, -0.2) is 43.7 Å². The Morgan fingerprint density at radius 3 is 2.32 bits per heavy atom. The molecule has 3 aromatic heterocycles. The van der Waals surface area contributed by atoms with Crippen LogP contribution in [-0.2, 0) is 10.2 Å². The summed E-state index contributed by atoms with van der Waals surface area (Å²) in [6.07, 6.45) is 3.06. The largest absolute Gasteiger partial charge is 0.497 e. The van der Waals surface area contributed by atoms with E-state index in [0.717, 1.165) is 22.5 Å². The number of hydrogen-bond donors (Lipinski definition) is 2. The Morgan fingerprint density at radius 1 is 0.878 bits per heavy atom. The van der Waals surface area contributed by atoms with E-state index in [1.165, 1.54) is 13.1 Å². The van der Waals surface area contributed by atoms with Gasteiger partial charge in [0.05, 0.1) is 18.5 Å². The van der Waals surface area contributed by atoms with Crippen molar-refractivity contribution in [1.82, 2.24) is 24.7 Å². The van der Waals surface area contributed by atoms with Crippen LogP contribution in [0, 0.1) is 0 Å². The third-order valence-electron chi connectivity index (χ3n) is 6.13. The maximum atomic E-state index is 13.6. The number of benzene rings is 2. The summed E-state index contributed by atoms with van der Waals surface area (Å²) in [7, 11) is 1.61. The molecule has 0 radical (unpaired) electrons. The first kappa shape index (κ1) is 27.3. The fourth-order valence-corrected chi connectivity index (χ4v) is 4.07. The van der Waals surface area contributed by atoms with E-state index in [-0.39, 0.29) is 34.8 Å². The number of methoxy groups -OCH3 is 1. The first-order valence-electron chi connectivity index (χ1n) is 12.8. The number of hydrogen-bond acceptors (Lipinski definition) is 8. The van der Waals surface area contributed by atoms with Crippen molar-refractivity contribution >= 4 is 34.4 Å². The molecule has 5 rings (SSSR count). The zero-order chi connectivity index (χ0) is 29.1. The van der Waals surface area contributed by atoms with Crippen molar-refractivity contribution in [2.45, 2.75) is 33.1 Å². The summed E-state index contributed by atoms with van der Waals surface area (Å²) in [4.78, 5) is 37.4. The maximum Gasteiger partial charge on any atom is 0.276 e. The molecule has 0 saturated heterocycles. The predicted molar refractivity (Wildman–Crippen MR) is 155 cm³/mol. The van der Waals surface area contributed by atoms with Crippen molar-refractivity contribution in [3.8, 4) is 23.1 Å². The van der Waals surface area contributed by atoms with E-state index in [0.29, 0.717) is 17.0 Å². The lowest BCUT2D eigenvalue weighted by molar-refractivity contribution is -0.114. The summed E-state index contributed by atoms with van der Waals surface area (Å²) in [6.45, 7) is 7.56. The Balaban J connectivity index is 1.43. The predicted octanol–water partition coefficient (Wildman–Crippen LogP) is 5.52. The molecule has 0 aliphatic heterocycles. The van der Waals surface area contributed by atoms with Crippen LogP contribution < -0.4 is 20.1 Å². The summed E-state index contributed by atoms with van der Waals surface area (Å²) in [5.74, 6) is 1.47. The molecule has 0 atom stereocenters. The van der Waals surface area contributed by atoms with Crippen molar-refractivity contribution in [1.29, 1.82) is 0 Å². The van der Waals surface area contributed by atoms with Crippen molar-refractivity contribution < 1.29 is 19.1 Å². The second-order valence-corrected chi connectivity index (χ2v) is 10.3. The van der Waals surface area contributed by atoms with Gasteiger partial charge in [-0.2, -0.15) is 10.1 Å². The third-order valence-corrected chi connectivity index (χ3v) is 6.13. The lowest BCUT2D eigenvalue weighted by Crippen LogP contribution is -2.17. The minimum atomic E-state index is -0.380. The van der Waals surface area contributed by atoms with Crippen LogP contribution in [0.1, 0.15) is 43.9 Å². The van der Waals surface area contributed by atoms with Crippen LogP contribution >= 0.6 is 0 Å². The van der Waals surface area contributed by atoms with E-state index in [1.807, 2.05) is 30.3 Å². The quantitative estimate of drug-likeness (QED) is 0.270. The molecule has 0 fully saturated rings. The standard InChI is InChI=1S/C30H29N7O4/c1-18(38)33-29-32-15-13-26(35-29)41-22-10-11-23-19(16-22)12-14-31-27(23)28(39)34-25-17-24(30(2,3)4)36-37(25)20-6-8-21(40-5)9-7-20/h6-17H,1-5H3,(H,34,39)(H,32,33,35,38). The summed E-state index contributed by atoms with van der Waals surface area (Å²) >= 11 is 0. The van der Waals surface area contributed by atoms with Crippen LogP contribution in [0.5, 0.6) is 17.4 Å². The molecular weight excluding hydrogens is 522 g/mol. The first-order valence-corrected chi connectivity index (χ1v) is 12.8. The second-order valence-electron chi connectivity index (χ2n) is 10.3. The van der Waals surface area contributed by atoms with E-state index in [2.05, 4.69) is 46.4 Å². The van der Waals surface area contributed by atoms with E-state index < -0.39 is 0 Å². The van der Waals surface area contributed by atoms with Gasteiger partial charge in [0.25, 0.3) is 5.91 Å². The lowest BCUT2D eigenvalue weighted by atomic mass is 9.92. The van der Waals surface area contributed by atoms with Crippen LogP contribution in [0.15, 0.2) is 73.1 Å². The molecule has 0 aliphatic rings. The van der Waals surface area contributed by atoms with Crippen molar-refractivity contribution in [3.05, 3.63) is 84.4 Å². The fraction of sp³-hybridized carbons (Fsp3) is 0.200. The van der Waals surface area contributed by atoms with Crippen LogP contribution in [0.2, 0.25) is 0 Å². The van der Waals surface area contributed by atoms with Gasteiger partial charge in [0.15, 0.2) is 0 Å². The number of carbonyl (C=O) groups is 2. The van der Waals surface area contributed by atoms with Crippen molar-refractivity contribution in [3.63, 3.8) is 0 Å². The highest BCUT2D eigenvalue weighted by atomic mass is 16.5. The highest BCUT2D eigenvalue weighted by Gasteiger charge is 2.23. The Kier molecular flexibility index (Phi) is 7.34. The van der Waals surface area contributed by atoms with Gasteiger partial charge < -0.3 is 14.8 Å². The monoisotopic (exact) mass is 551 g/mol. The summed E-state index contributed by atoms with van der Waals surface area (Å²) < 4.78 is 12.9. The normalized spacial score (nSPS) is 11.2. The number of amides is 2. The molecule has 2 N–H and O–H groups in total. The highest BCUT2D eigenvalue weighted by Crippen LogP contribution is 2.29. The number of aromatic nitrogens is 5. The molecule has 0 bridgehead atoms. The number of carbonyl (C=O) groups excluding carboxylic acids is 2.